The summed E-state index contributed by atoms with van der Waals surface area (Å²) in [7, 11) is -3.37. The normalized spacial score (nSPS) is 12.8. The van der Waals surface area contributed by atoms with Gasteiger partial charge in [0.1, 0.15) is 18.1 Å². The highest BCUT2D eigenvalue weighted by molar-refractivity contribution is 7.92. The third-order valence-corrected chi connectivity index (χ3v) is 5.62. The maximum Gasteiger partial charge on any atom is 0.229 e. The summed E-state index contributed by atoms with van der Waals surface area (Å²) in [5.74, 6) is 0.945. The van der Waals surface area contributed by atoms with Crippen molar-refractivity contribution in [3.05, 3.63) is 66.2 Å². The van der Waals surface area contributed by atoms with Gasteiger partial charge in [0.2, 0.25) is 10.0 Å². The molecule has 9 heteroatoms. The number of aromatic hydroxyl groups is 1. The van der Waals surface area contributed by atoms with Gasteiger partial charge < -0.3 is 25.3 Å². The second-order valence-electron chi connectivity index (χ2n) is 7.63. The first-order valence-corrected chi connectivity index (χ1v) is 12.0. The molecule has 4 aromatic rings. The molecule has 0 radical (unpaired) electrons. The van der Waals surface area contributed by atoms with Crippen molar-refractivity contribution in [1.29, 1.82) is 0 Å². The summed E-state index contributed by atoms with van der Waals surface area (Å²) in [5, 5.41) is 25.2. The molecule has 5 N–H and O–H groups in total. The average molecular weight is 456 g/mol. The Kier molecular flexibility index (Phi) is 6.22. The average Bonchev–Trinajstić information content (AvgIpc) is 3.09. The summed E-state index contributed by atoms with van der Waals surface area (Å²) in [6.45, 7) is 1.24. The molecule has 0 saturated carbocycles. The molecule has 0 fully saturated rings. The van der Waals surface area contributed by atoms with Crippen molar-refractivity contribution < 1.29 is 23.4 Å². The van der Waals surface area contributed by atoms with Gasteiger partial charge in [-0.15, -0.1) is 0 Å². The van der Waals surface area contributed by atoms with Gasteiger partial charge >= 0.3 is 0 Å². The summed E-state index contributed by atoms with van der Waals surface area (Å²) >= 11 is 0. The van der Waals surface area contributed by atoms with Crippen LogP contribution >= 0.6 is 0 Å². The van der Waals surface area contributed by atoms with Gasteiger partial charge in [0.05, 0.1) is 17.9 Å². The molecule has 0 aliphatic heterocycles. The number of benzene rings is 3. The van der Waals surface area contributed by atoms with Crippen LogP contribution in [-0.4, -0.2) is 49.6 Å². The lowest BCUT2D eigenvalue weighted by molar-refractivity contribution is 0.172. The number of anilines is 1. The molecule has 8 nitrogen and oxygen atoms in total. The van der Waals surface area contributed by atoms with Crippen LogP contribution in [0.1, 0.15) is 11.7 Å². The number of phenols is 1. The highest BCUT2D eigenvalue weighted by Crippen LogP contribution is 2.30. The van der Waals surface area contributed by atoms with Gasteiger partial charge in [-0.05, 0) is 48.0 Å². The van der Waals surface area contributed by atoms with Crippen molar-refractivity contribution in [1.82, 2.24) is 10.3 Å². The van der Waals surface area contributed by atoms with Crippen molar-refractivity contribution >= 4 is 37.5 Å². The standard InChI is InChI=1S/C23H25N3O5S/c1-32(29,30)26-16-4-2-3-15(11-16)23(28)14-24-9-10-31-18-6-7-19-20-12-17(27)5-8-21(20)25-22(19)13-18/h2-8,11-13,23-28H,9-10,14H2,1H3/t23-/m0/s1. The van der Waals surface area contributed by atoms with E-state index in [1.165, 1.54) is 0 Å². The fourth-order valence-corrected chi connectivity index (χ4v) is 4.14. The van der Waals surface area contributed by atoms with E-state index >= 15 is 0 Å². The van der Waals surface area contributed by atoms with E-state index in [9.17, 15) is 18.6 Å². The Morgan fingerprint density at radius 1 is 1.03 bits per heavy atom. The molecule has 0 bridgehead atoms. The van der Waals surface area contributed by atoms with Crippen LogP contribution in [0.2, 0.25) is 0 Å². The molecule has 0 aliphatic carbocycles. The highest BCUT2D eigenvalue weighted by atomic mass is 32.2. The third kappa shape index (κ3) is 5.31. The van der Waals surface area contributed by atoms with Crippen LogP contribution in [0.25, 0.3) is 21.8 Å². The van der Waals surface area contributed by atoms with Crippen LogP contribution in [0, 0.1) is 0 Å². The molecule has 1 atom stereocenters. The minimum atomic E-state index is -3.37. The Balaban J connectivity index is 1.28. The van der Waals surface area contributed by atoms with E-state index in [0.29, 0.717) is 30.9 Å². The Morgan fingerprint density at radius 3 is 2.69 bits per heavy atom. The lowest BCUT2D eigenvalue weighted by Gasteiger charge is -2.14. The molecule has 1 aromatic heterocycles. The molecule has 1 heterocycles. The van der Waals surface area contributed by atoms with Crippen molar-refractivity contribution in [3.63, 3.8) is 0 Å². The van der Waals surface area contributed by atoms with Gasteiger partial charge in [-0.3, -0.25) is 4.72 Å². The van der Waals surface area contributed by atoms with E-state index in [-0.39, 0.29) is 5.75 Å². The largest absolute Gasteiger partial charge is 0.508 e. The number of aliphatic hydroxyl groups excluding tert-OH is 1. The van der Waals surface area contributed by atoms with Crippen LogP contribution in [0.3, 0.4) is 0 Å². The summed E-state index contributed by atoms with van der Waals surface area (Å²) in [4.78, 5) is 3.32. The molecule has 0 spiro atoms. The first kappa shape index (κ1) is 21.9. The van der Waals surface area contributed by atoms with Gasteiger partial charge in [0.15, 0.2) is 0 Å². The number of aromatic amines is 1. The van der Waals surface area contributed by atoms with Crippen molar-refractivity contribution in [2.24, 2.45) is 0 Å². The van der Waals surface area contributed by atoms with Crippen LogP contribution in [0.15, 0.2) is 60.7 Å². The topological polar surface area (TPSA) is 124 Å². The molecule has 0 amide bonds. The van der Waals surface area contributed by atoms with Crippen LogP contribution in [0.5, 0.6) is 11.5 Å². The Labute approximate surface area is 185 Å². The van der Waals surface area contributed by atoms with E-state index in [4.69, 9.17) is 4.74 Å². The van der Waals surface area contributed by atoms with Gasteiger partial charge in [-0.1, -0.05) is 12.1 Å². The molecule has 0 aliphatic rings. The minimum absolute atomic E-state index is 0.227. The summed E-state index contributed by atoms with van der Waals surface area (Å²) in [6, 6.07) is 17.7. The van der Waals surface area contributed by atoms with Gasteiger partial charge in [-0.2, -0.15) is 0 Å². The van der Waals surface area contributed by atoms with Crippen LogP contribution in [-0.2, 0) is 10.0 Å². The second kappa shape index (κ2) is 9.07. The van der Waals surface area contributed by atoms with Crippen LogP contribution in [0.4, 0.5) is 5.69 Å². The number of nitrogens with one attached hydrogen (secondary N) is 3. The molecular weight excluding hydrogens is 430 g/mol. The van der Waals surface area contributed by atoms with Gasteiger partial charge in [0.25, 0.3) is 0 Å². The van der Waals surface area contributed by atoms with E-state index in [0.717, 1.165) is 33.8 Å². The van der Waals surface area contributed by atoms with Gasteiger partial charge in [-0.25, -0.2) is 8.42 Å². The fourth-order valence-electron chi connectivity index (χ4n) is 3.58. The first-order valence-electron chi connectivity index (χ1n) is 10.1. The molecule has 168 valence electrons. The summed E-state index contributed by atoms with van der Waals surface area (Å²) < 4.78 is 30.9. The molecular formula is C23H25N3O5S. The molecule has 0 unspecified atom stereocenters. The number of hydrogen-bond donors (Lipinski definition) is 5. The SMILES string of the molecule is CS(=O)(=O)Nc1cccc([C@@H](O)CNCCOc2ccc3c(c2)[nH]c2ccc(O)cc23)c1. The number of phenolic OH excluding ortho intramolecular Hbond substituents is 1. The molecule has 0 saturated heterocycles. The van der Waals surface area contributed by atoms with Crippen molar-refractivity contribution in [2.45, 2.75) is 6.10 Å². The molecule has 3 aromatic carbocycles. The van der Waals surface area contributed by atoms with E-state index in [1.54, 1.807) is 36.4 Å². The zero-order valence-corrected chi connectivity index (χ0v) is 18.3. The number of sulfonamides is 1. The Bertz CT molecular complexity index is 1350. The summed E-state index contributed by atoms with van der Waals surface area (Å²) in [5.41, 5.74) is 2.90. The lowest BCUT2D eigenvalue weighted by atomic mass is 10.1. The summed E-state index contributed by atoms with van der Waals surface area (Å²) in [6.07, 6.45) is 0.300. The molecule has 32 heavy (non-hydrogen) atoms. The zero-order valence-electron chi connectivity index (χ0n) is 17.5. The fraction of sp³-hybridized carbons (Fsp3) is 0.217. The number of aromatic nitrogens is 1. The smallest absolute Gasteiger partial charge is 0.229 e. The van der Waals surface area contributed by atoms with Crippen LogP contribution < -0.4 is 14.8 Å². The van der Waals surface area contributed by atoms with E-state index in [2.05, 4.69) is 15.0 Å². The number of ether oxygens (including phenoxy) is 1. The number of H-pyrrole nitrogens is 1. The number of rotatable bonds is 9. The lowest BCUT2D eigenvalue weighted by Crippen LogP contribution is -2.26. The first-order chi connectivity index (χ1) is 15.3. The van der Waals surface area contributed by atoms with E-state index < -0.39 is 16.1 Å². The monoisotopic (exact) mass is 455 g/mol. The number of fused-ring (bicyclic) bond motifs is 3. The maximum absolute atomic E-state index is 11.4. The number of hydrogen-bond acceptors (Lipinski definition) is 6. The maximum atomic E-state index is 11.4. The van der Waals surface area contributed by atoms with Crippen molar-refractivity contribution in [3.8, 4) is 11.5 Å². The quantitative estimate of drug-likeness (QED) is 0.247. The third-order valence-electron chi connectivity index (χ3n) is 5.01. The Morgan fingerprint density at radius 2 is 1.88 bits per heavy atom. The van der Waals surface area contributed by atoms with Gasteiger partial charge in [0, 0.05) is 41.1 Å². The predicted molar refractivity (Wildman–Crippen MR) is 126 cm³/mol. The predicted octanol–water partition coefficient (Wildman–Crippen LogP) is 3.10. The zero-order chi connectivity index (χ0) is 22.7. The highest BCUT2D eigenvalue weighted by Gasteiger charge is 2.10. The molecule has 4 rings (SSSR count). The second-order valence-corrected chi connectivity index (χ2v) is 9.38. The van der Waals surface area contributed by atoms with Crippen molar-refractivity contribution in [2.75, 3.05) is 30.7 Å². The Hall–Kier alpha value is -3.27. The number of aliphatic hydroxyl groups is 1. The van der Waals surface area contributed by atoms with E-state index in [1.807, 2.05) is 24.3 Å². The minimum Gasteiger partial charge on any atom is -0.508 e.